The van der Waals surface area contributed by atoms with E-state index in [0.717, 1.165) is 27.7 Å². The number of nitrogens with one attached hydrogen (secondary N) is 2. The van der Waals surface area contributed by atoms with E-state index < -0.39 is 0 Å². The molecule has 3 aromatic rings. The van der Waals surface area contributed by atoms with Crippen molar-refractivity contribution in [2.75, 3.05) is 17.8 Å². The molecular formula is C19H18FN5S2. The largest absolute Gasteiger partial charge is 0.332 e. The van der Waals surface area contributed by atoms with Gasteiger partial charge in [-0.05, 0) is 54.3 Å². The maximum absolute atomic E-state index is 13.3. The van der Waals surface area contributed by atoms with Gasteiger partial charge in [-0.2, -0.15) is 0 Å². The summed E-state index contributed by atoms with van der Waals surface area (Å²) in [4.78, 5) is 16.4. The van der Waals surface area contributed by atoms with Crippen molar-refractivity contribution in [2.24, 2.45) is 4.99 Å². The highest BCUT2D eigenvalue weighted by atomic mass is 32.2. The molecule has 27 heavy (non-hydrogen) atoms. The Balaban J connectivity index is 1.93. The topological polar surface area (TPSA) is 66.0 Å². The van der Waals surface area contributed by atoms with Gasteiger partial charge in [0.2, 0.25) is 0 Å². The van der Waals surface area contributed by atoms with E-state index in [1.165, 1.54) is 23.9 Å². The zero-order valence-corrected chi connectivity index (χ0v) is 16.4. The first-order valence-corrected chi connectivity index (χ1v) is 10.5. The van der Waals surface area contributed by atoms with Gasteiger partial charge in [0.1, 0.15) is 11.6 Å². The third kappa shape index (κ3) is 4.99. The van der Waals surface area contributed by atoms with Gasteiger partial charge in [-0.15, -0.1) is 11.8 Å². The Kier molecular flexibility index (Phi) is 6.67. The van der Waals surface area contributed by atoms with Crippen molar-refractivity contribution < 1.29 is 4.39 Å². The predicted octanol–water partition coefficient (Wildman–Crippen LogP) is 5.27. The van der Waals surface area contributed by atoms with E-state index >= 15 is 0 Å². The Morgan fingerprint density at radius 2 is 1.96 bits per heavy atom. The summed E-state index contributed by atoms with van der Waals surface area (Å²) in [7, 11) is 0. The Hall–Kier alpha value is -2.58. The standard InChI is InChI=1S/C19H18FN5S2/c1-26-10-9-21-12-23-16-11-14(7-8-22-16)18-17(24-19(25-18)27-2)13-3-5-15(20)6-4-13/h3-12H,1-2H3,(H,24,25)(H,21,22,23)/b10-9+. The predicted molar refractivity (Wildman–Crippen MR) is 114 cm³/mol. The van der Waals surface area contributed by atoms with Gasteiger partial charge < -0.3 is 10.3 Å². The van der Waals surface area contributed by atoms with Gasteiger partial charge in [-0.3, -0.25) is 0 Å². The highest BCUT2D eigenvalue weighted by molar-refractivity contribution is 8.01. The van der Waals surface area contributed by atoms with Crippen molar-refractivity contribution >= 4 is 35.7 Å². The van der Waals surface area contributed by atoms with Crippen molar-refractivity contribution in [2.45, 2.75) is 5.16 Å². The number of hydrogen-bond donors (Lipinski definition) is 2. The first-order chi connectivity index (χ1) is 13.2. The van der Waals surface area contributed by atoms with Gasteiger partial charge in [0.05, 0.1) is 17.7 Å². The molecule has 1 aromatic carbocycles. The number of halogens is 1. The Morgan fingerprint density at radius 1 is 1.15 bits per heavy atom. The van der Waals surface area contributed by atoms with Gasteiger partial charge >= 0.3 is 0 Å². The molecule has 3 rings (SSSR count). The summed E-state index contributed by atoms with van der Waals surface area (Å²) in [5, 5.41) is 5.72. The molecule has 8 heteroatoms. The van der Waals surface area contributed by atoms with Crippen LogP contribution in [0.3, 0.4) is 0 Å². The molecule has 0 spiro atoms. The van der Waals surface area contributed by atoms with E-state index in [2.05, 4.69) is 25.3 Å². The molecule has 2 heterocycles. The second-order valence-electron chi connectivity index (χ2n) is 5.35. The Bertz CT molecular complexity index is 951. The lowest BCUT2D eigenvalue weighted by atomic mass is 10.1. The van der Waals surface area contributed by atoms with Gasteiger partial charge in [-0.1, -0.05) is 11.8 Å². The molecule has 138 valence electrons. The third-order valence-corrected chi connectivity index (χ3v) is 4.59. The van der Waals surface area contributed by atoms with Crippen LogP contribution in [-0.2, 0) is 0 Å². The van der Waals surface area contributed by atoms with E-state index in [0.29, 0.717) is 5.82 Å². The van der Waals surface area contributed by atoms with Crippen molar-refractivity contribution in [1.29, 1.82) is 0 Å². The van der Waals surface area contributed by atoms with Crippen LogP contribution in [0.1, 0.15) is 0 Å². The highest BCUT2D eigenvalue weighted by Gasteiger charge is 2.14. The second-order valence-corrected chi connectivity index (χ2v) is 6.89. The molecule has 0 aliphatic carbocycles. The van der Waals surface area contributed by atoms with Gasteiger partial charge in [0.25, 0.3) is 0 Å². The number of rotatable bonds is 7. The van der Waals surface area contributed by atoms with E-state index in [9.17, 15) is 4.39 Å². The summed E-state index contributed by atoms with van der Waals surface area (Å²) < 4.78 is 13.3. The fourth-order valence-corrected chi connectivity index (χ4v) is 2.96. The number of pyridine rings is 1. The Labute approximate surface area is 165 Å². The molecule has 0 atom stereocenters. The van der Waals surface area contributed by atoms with Crippen LogP contribution in [0.4, 0.5) is 10.2 Å². The average Bonchev–Trinajstić information content (AvgIpc) is 3.13. The van der Waals surface area contributed by atoms with Crippen molar-refractivity contribution in [3.63, 3.8) is 0 Å². The summed E-state index contributed by atoms with van der Waals surface area (Å²) in [6, 6.07) is 10.2. The fourth-order valence-electron chi connectivity index (χ4n) is 2.38. The minimum Gasteiger partial charge on any atom is -0.332 e. The average molecular weight is 400 g/mol. The van der Waals surface area contributed by atoms with Crippen LogP contribution >= 0.6 is 23.5 Å². The number of thioether (sulfide) groups is 2. The number of imidazole rings is 1. The minimum absolute atomic E-state index is 0.268. The zero-order chi connectivity index (χ0) is 19.1. The molecule has 2 aromatic heterocycles. The first kappa shape index (κ1) is 19.2. The molecule has 0 aliphatic rings. The number of anilines is 1. The maximum Gasteiger partial charge on any atom is 0.166 e. The summed E-state index contributed by atoms with van der Waals surface area (Å²) in [5.41, 5.74) is 3.40. The summed E-state index contributed by atoms with van der Waals surface area (Å²) in [6.07, 6.45) is 8.92. The molecule has 0 unspecified atom stereocenters. The molecule has 2 N–H and O–H groups in total. The van der Waals surface area contributed by atoms with E-state index in [-0.39, 0.29) is 5.82 Å². The molecule has 0 aliphatic heterocycles. The number of hydrogen-bond acceptors (Lipinski definition) is 5. The van der Waals surface area contributed by atoms with Gasteiger partial charge in [-0.25, -0.2) is 19.4 Å². The van der Waals surface area contributed by atoms with Crippen LogP contribution in [0, 0.1) is 5.82 Å². The van der Waals surface area contributed by atoms with E-state index in [4.69, 9.17) is 0 Å². The molecule has 0 amide bonds. The molecule has 0 radical (unpaired) electrons. The van der Waals surface area contributed by atoms with Crippen molar-refractivity contribution in [3.05, 3.63) is 60.0 Å². The second kappa shape index (κ2) is 9.38. The lowest BCUT2D eigenvalue weighted by molar-refractivity contribution is 0.628. The van der Waals surface area contributed by atoms with Crippen LogP contribution in [0.15, 0.2) is 64.4 Å². The highest BCUT2D eigenvalue weighted by Crippen LogP contribution is 2.32. The number of aromatic nitrogens is 3. The number of aliphatic imine (C=N–C) groups is 1. The third-order valence-electron chi connectivity index (χ3n) is 3.61. The lowest BCUT2D eigenvalue weighted by Gasteiger charge is -2.05. The van der Waals surface area contributed by atoms with Gasteiger partial charge in [0, 0.05) is 23.5 Å². The first-order valence-electron chi connectivity index (χ1n) is 8.03. The maximum atomic E-state index is 13.3. The fraction of sp³-hybridized carbons (Fsp3) is 0.105. The molecular weight excluding hydrogens is 381 g/mol. The molecule has 0 saturated heterocycles. The smallest absolute Gasteiger partial charge is 0.166 e. The SMILES string of the molecule is CS/C=C/N=CNc1cc(-c2nc(SC)[nH]c2-c2ccc(F)cc2)ccn1. The number of aromatic amines is 1. The Morgan fingerprint density at radius 3 is 2.70 bits per heavy atom. The summed E-state index contributed by atoms with van der Waals surface area (Å²) in [5.74, 6) is 0.391. The van der Waals surface area contributed by atoms with Crippen molar-refractivity contribution in [3.8, 4) is 22.5 Å². The molecule has 0 fully saturated rings. The van der Waals surface area contributed by atoms with E-state index in [1.807, 2.05) is 30.1 Å². The van der Waals surface area contributed by atoms with Crippen LogP contribution in [0.5, 0.6) is 0 Å². The minimum atomic E-state index is -0.268. The normalized spacial score (nSPS) is 11.5. The van der Waals surface area contributed by atoms with Crippen LogP contribution in [0.2, 0.25) is 0 Å². The van der Waals surface area contributed by atoms with E-state index in [1.54, 1.807) is 42.6 Å². The van der Waals surface area contributed by atoms with Gasteiger partial charge in [0.15, 0.2) is 5.16 Å². The lowest BCUT2D eigenvalue weighted by Crippen LogP contribution is -1.97. The summed E-state index contributed by atoms with van der Waals surface area (Å²) >= 11 is 3.10. The number of nitrogens with zero attached hydrogens (tertiary/aromatic N) is 3. The number of benzene rings is 1. The van der Waals surface area contributed by atoms with Crippen LogP contribution < -0.4 is 5.32 Å². The number of H-pyrrole nitrogens is 1. The summed E-state index contributed by atoms with van der Waals surface area (Å²) in [6.45, 7) is 0. The molecule has 0 saturated carbocycles. The van der Waals surface area contributed by atoms with Crippen LogP contribution in [0.25, 0.3) is 22.5 Å². The quantitative estimate of drug-likeness (QED) is 0.322. The molecule has 0 bridgehead atoms. The van der Waals surface area contributed by atoms with Crippen LogP contribution in [-0.4, -0.2) is 33.8 Å². The monoisotopic (exact) mass is 399 g/mol. The zero-order valence-electron chi connectivity index (χ0n) is 14.8. The van der Waals surface area contributed by atoms with Crippen molar-refractivity contribution in [1.82, 2.24) is 15.0 Å². The molecule has 5 nitrogen and oxygen atoms in total.